The molecule has 1 heterocycles. The van der Waals surface area contributed by atoms with E-state index in [4.69, 9.17) is 4.84 Å². The summed E-state index contributed by atoms with van der Waals surface area (Å²) in [6, 6.07) is 12.7. The molecule has 0 saturated carbocycles. The normalized spacial score (nSPS) is 13.7. The molecule has 0 fully saturated rings. The minimum atomic E-state index is -0.402. The summed E-state index contributed by atoms with van der Waals surface area (Å²) in [7, 11) is 0. The third-order valence-electron chi connectivity index (χ3n) is 3.60. The zero-order valence-corrected chi connectivity index (χ0v) is 11.9. The SMILES string of the molecule is Cc1ccc(CON2C(=O)c3ccccc3C2=O)c(C)c1. The molecule has 4 nitrogen and oxygen atoms in total. The van der Waals surface area contributed by atoms with Gasteiger partial charge in [-0.2, -0.15) is 0 Å². The van der Waals surface area contributed by atoms with E-state index in [1.165, 1.54) is 0 Å². The fourth-order valence-corrected chi connectivity index (χ4v) is 2.43. The van der Waals surface area contributed by atoms with Gasteiger partial charge in [-0.25, -0.2) is 0 Å². The lowest BCUT2D eigenvalue weighted by molar-refractivity contribution is -0.101. The van der Waals surface area contributed by atoms with Crippen molar-refractivity contribution in [3.8, 4) is 0 Å². The lowest BCUT2D eigenvalue weighted by Crippen LogP contribution is -2.29. The summed E-state index contributed by atoms with van der Waals surface area (Å²) in [5.74, 6) is -0.805. The van der Waals surface area contributed by atoms with E-state index < -0.39 is 11.8 Å². The van der Waals surface area contributed by atoms with Crippen LogP contribution in [0, 0.1) is 13.8 Å². The van der Waals surface area contributed by atoms with E-state index in [0.29, 0.717) is 11.1 Å². The van der Waals surface area contributed by atoms with Gasteiger partial charge in [-0.1, -0.05) is 35.9 Å². The first-order valence-corrected chi connectivity index (χ1v) is 6.75. The van der Waals surface area contributed by atoms with Crippen LogP contribution in [0.25, 0.3) is 0 Å². The van der Waals surface area contributed by atoms with Gasteiger partial charge in [-0.3, -0.25) is 14.4 Å². The molecular weight excluding hydrogens is 266 g/mol. The van der Waals surface area contributed by atoms with Crippen LogP contribution in [0.4, 0.5) is 0 Å². The van der Waals surface area contributed by atoms with Crippen LogP contribution in [-0.2, 0) is 11.4 Å². The molecule has 0 unspecified atom stereocenters. The zero-order chi connectivity index (χ0) is 15.0. The summed E-state index contributed by atoms with van der Waals surface area (Å²) in [5, 5.41) is 0.851. The molecule has 4 heteroatoms. The fraction of sp³-hybridized carbons (Fsp3) is 0.176. The maximum Gasteiger partial charge on any atom is 0.285 e. The molecule has 0 aliphatic carbocycles. The minimum absolute atomic E-state index is 0.192. The predicted molar refractivity (Wildman–Crippen MR) is 77.6 cm³/mol. The smallest absolute Gasteiger partial charge is 0.266 e. The van der Waals surface area contributed by atoms with Gasteiger partial charge in [-0.15, -0.1) is 5.06 Å². The van der Waals surface area contributed by atoms with Gasteiger partial charge in [0.05, 0.1) is 11.1 Å². The van der Waals surface area contributed by atoms with Crippen molar-refractivity contribution in [1.82, 2.24) is 5.06 Å². The number of carbonyl (C=O) groups excluding carboxylic acids is 2. The van der Waals surface area contributed by atoms with Crippen molar-refractivity contribution in [2.75, 3.05) is 0 Å². The van der Waals surface area contributed by atoms with Crippen molar-refractivity contribution in [2.24, 2.45) is 0 Å². The van der Waals surface area contributed by atoms with Crippen molar-refractivity contribution in [1.29, 1.82) is 0 Å². The Morgan fingerprint density at radius 3 is 2.14 bits per heavy atom. The van der Waals surface area contributed by atoms with E-state index in [9.17, 15) is 9.59 Å². The Hall–Kier alpha value is -2.46. The average molecular weight is 281 g/mol. The molecule has 2 aromatic rings. The number of nitrogens with zero attached hydrogens (tertiary/aromatic N) is 1. The Morgan fingerprint density at radius 1 is 0.952 bits per heavy atom. The van der Waals surface area contributed by atoms with E-state index >= 15 is 0 Å². The number of imide groups is 1. The van der Waals surface area contributed by atoms with Crippen LogP contribution in [0.5, 0.6) is 0 Å². The Bertz CT molecular complexity index is 702. The van der Waals surface area contributed by atoms with Gasteiger partial charge in [0.1, 0.15) is 6.61 Å². The molecule has 0 radical (unpaired) electrons. The third-order valence-corrected chi connectivity index (χ3v) is 3.60. The molecule has 0 saturated heterocycles. The standard InChI is InChI=1S/C17H15NO3/c1-11-7-8-13(12(2)9-11)10-21-18-16(19)14-5-3-4-6-15(14)17(18)20/h3-9H,10H2,1-2H3. The first kappa shape index (κ1) is 13.5. The zero-order valence-electron chi connectivity index (χ0n) is 11.9. The number of rotatable bonds is 3. The lowest BCUT2D eigenvalue weighted by atomic mass is 10.1. The molecule has 1 aliphatic heterocycles. The highest BCUT2D eigenvalue weighted by Crippen LogP contribution is 2.23. The van der Waals surface area contributed by atoms with Gasteiger partial charge in [0, 0.05) is 0 Å². The van der Waals surface area contributed by atoms with Crippen molar-refractivity contribution in [3.05, 3.63) is 70.3 Å². The van der Waals surface area contributed by atoms with Crippen LogP contribution < -0.4 is 0 Å². The Labute approximate surface area is 122 Å². The van der Waals surface area contributed by atoms with E-state index in [1.54, 1.807) is 24.3 Å². The molecular formula is C17H15NO3. The summed E-state index contributed by atoms with van der Waals surface area (Å²) >= 11 is 0. The van der Waals surface area contributed by atoms with Gasteiger partial charge in [0.25, 0.3) is 11.8 Å². The van der Waals surface area contributed by atoms with Crippen molar-refractivity contribution in [2.45, 2.75) is 20.5 Å². The Morgan fingerprint density at radius 2 is 1.57 bits per heavy atom. The quantitative estimate of drug-likeness (QED) is 0.812. The van der Waals surface area contributed by atoms with Crippen LogP contribution >= 0.6 is 0 Å². The second kappa shape index (κ2) is 5.14. The van der Waals surface area contributed by atoms with Gasteiger partial charge in [-0.05, 0) is 37.1 Å². The number of hydrogen-bond donors (Lipinski definition) is 0. The van der Waals surface area contributed by atoms with Gasteiger partial charge in [0.15, 0.2) is 0 Å². The van der Waals surface area contributed by atoms with Crippen molar-refractivity contribution >= 4 is 11.8 Å². The van der Waals surface area contributed by atoms with Crippen LogP contribution in [0.3, 0.4) is 0 Å². The molecule has 1 aliphatic rings. The first-order valence-electron chi connectivity index (χ1n) is 6.75. The lowest BCUT2D eigenvalue weighted by Gasteiger charge is -2.14. The average Bonchev–Trinajstić information content (AvgIpc) is 2.71. The van der Waals surface area contributed by atoms with E-state index in [0.717, 1.165) is 21.8 Å². The van der Waals surface area contributed by atoms with Crippen LogP contribution in [0.1, 0.15) is 37.4 Å². The second-order valence-corrected chi connectivity index (χ2v) is 5.15. The Balaban J connectivity index is 1.78. The molecule has 0 N–H and O–H groups in total. The van der Waals surface area contributed by atoms with E-state index in [2.05, 4.69) is 0 Å². The van der Waals surface area contributed by atoms with Gasteiger partial charge < -0.3 is 0 Å². The molecule has 3 rings (SSSR count). The highest BCUT2D eigenvalue weighted by Gasteiger charge is 2.36. The van der Waals surface area contributed by atoms with Gasteiger partial charge in [0.2, 0.25) is 0 Å². The van der Waals surface area contributed by atoms with E-state index in [-0.39, 0.29) is 6.61 Å². The molecule has 0 spiro atoms. The molecule has 106 valence electrons. The molecule has 2 amide bonds. The molecule has 0 aromatic heterocycles. The number of amides is 2. The summed E-state index contributed by atoms with van der Waals surface area (Å²) in [6.07, 6.45) is 0. The monoisotopic (exact) mass is 281 g/mol. The number of fused-ring (bicyclic) bond motifs is 1. The number of carbonyl (C=O) groups is 2. The number of hydrogen-bond acceptors (Lipinski definition) is 3. The van der Waals surface area contributed by atoms with Crippen molar-refractivity contribution < 1.29 is 14.4 Å². The largest absolute Gasteiger partial charge is 0.285 e. The first-order chi connectivity index (χ1) is 10.1. The molecule has 0 atom stereocenters. The second-order valence-electron chi connectivity index (χ2n) is 5.15. The van der Waals surface area contributed by atoms with Crippen LogP contribution in [0.2, 0.25) is 0 Å². The van der Waals surface area contributed by atoms with Crippen molar-refractivity contribution in [3.63, 3.8) is 0 Å². The fourth-order valence-electron chi connectivity index (χ4n) is 2.43. The number of aryl methyl sites for hydroxylation is 2. The molecule has 0 bridgehead atoms. The number of hydroxylamine groups is 2. The summed E-state index contributed by atoms with van der Waals surface area (Å²) in [4.78, 5) is 29.7. The van der Waals surface area contributed by atoms with Crippen LogP contribution in [-0.4, -0.2) is 16.9 Å². The summed E-state index contributed by atoms with van der Waals surface area (Å²) in [5.41, 5.74) is 3.98. The topological polar surface area (TPSA) is 46.6 Å². The highest BCUT2D eigenvalue weighted by atomic mass is 16.7. The van der Waals surface area contributed by atoms with Crippen LogP contribution in [0.15, 0.2) is 42.5 Å². The maximum atomic E-state index is 12.1. The highest BCUT2D eigenvalue weighted by molar-refractivity contribution is 6.20. The Kier molecular flexibility index (Phi) is 3.31. The molecule has 2 aromatic carbocycles. The molecule has 21 heavy (non-hydrogen) atoms. The summed E-state index contributed by atoms with van der Waals surface area (Å²) in [6.45, 7) is 4.19. The predicted octanol–water partition coefficient (Wildman–Crippen LogP) is 3.03. The number of benzene rings is 2. The third kappa shape index (κ3) is 2.34. The van der Waals surface area contributed by atoms with E-state index in [1.807, 2.05) is 32.0 Å². The summed E-state index contributed by atoms with van der Waals surface area (Å²) < 4.78 is 0. The van der Waals surface area contributed by atoms with Gasteiger partial charge >= 0.3 is 0 Å². The minimum Gasteiger partial charge on any atom is -0.266 e. The maximum absolute atomic E-state index is 12.1.